The van der Waals surface area contributed by atoms with Crippen LogP contribution in [0.25, 0.3) is 0 Å². The van der Waals surface area contributed by atoms with Crippen LogP contribution in [0.4, 0.5) is 8.78 Å². The van der Waals surface area contributed by atoms with E-state index < -0.39 is 42.1 Å². The molecule has 0 aromatic rings. The summed E-state index contributed by atoms with van der Waals surface area (Å²) in [7, 11) is 0. The van der Waals surface area contributed by atoms with E-state index in [1.54, 1.807) is 0 Å². The van der Waals surface area contributed by atoms with Gasteiger partial charge in [0.15, 0.2) is 0 Å². The molecule has 0 saturated carbocycles. The lowest BCUT2D eigenvalue weighted by Crippen LogP contribution is -2.75. The summed E-state index contributed by atoms with van der Waals surface area (Å²) < 4.78 is 74.5. The van der Waals surface area contributed by atoms with Gasteiger partial charge in [-0.2, -0.15) is 8.78 Å². The van der Waals surface area contributed by atoms with Gasteiger partial charge in [-0.1, -0.05) is 66.7 Å². The normalized spacial score (nSPS) is 25.3. The van der Waals surface area contributed by atoms with E-state index in [4.69, 9.17) is 33.2 Å². The van der Waals surface area contributed by atoms with Gasteiger partial charge in [0, 0.05) is 26.4 Å². The summed E-state index contributed by atoms with van der Waals surface area (Å²) in [5.41, 5.74) is 0. The number of carbonyl (C=O) groups excluding carboxylic acids is 1. The Balaban J connectivity index is 3.71. The Hall–Kier alpha value is -0.910. The molecule has 1 aliphatic rings. The van der Waals surface area contributed by atoms with Crippen LogP contribution >= 0.6 is 0 Å². The van der Waals surface area contributed by atoms with Crippen molar-refractivity contribution in [3.05, 3.63) is 0 Å². The first-order valence-electron chi connectivity index (χ1n) is 15.6. The molecule has 238 valence electrons. The Morgan fingerprint density at radius 2 is 1.23 bits per heavy atom. The van der Waals surface area contributed by atoms with Crippen LogP contribution in [-0.2, 0) is 38.0 Å². The highest BCUT2D eigenvalue weighted by Gasteiger charge is 2.73. The molecular weight excluding hydrogens is 526 g/mol. The molecule has 0 spiro atoms. The molecule has 0 unspecified atom stereocenters. The van der Waals surface area contributed by atoms with Crippen LogP contribution in [0.1, 0.15) is 106 Å². The molecule has 1 fully saturated rings. The lowest BCUT2D eigenvalue weighted by Gasteiger charge is -2.53. The first-order chi connectivity index (χ1) is 19.3. The van der Waals surface area contributed by atoms with E-state index in [9.17, 15) is 4.79 Å². The molecular formula is C30H56F2O8. The van der Waals surface area contributed by atoms with Crippen LogP contribution < -0.4 is 0 Å². The minimum absolute atomic E-state index is 0.0239. The lowest BCUT2D eigenvalue weighted by molar-refractivity contribution is -0.427. The Morgan fingerprint density at radius 3 is 1.77 bits per heavy atom. The predicted molar refractivity (Wildman–Crippen MR) is 150 cm³/mol. The Kier molecular flexibility index (Phi) is 19.4. The molecule has 0 aliphatic carbocycles. The highest BCUT2D eigenvalue weighted by Crippen LogP contribution is 2.46. The van der Waals surface area contributed by atoms with Gasteiger partial charge in [-0.05, 0) is 39.0 Å². The number of hydrogen-bond donors (Lipinski definition) is 0. The van der Waals surface area contributed by atoms with Gasteiger partial charge in [0.1, 0.15) is 24.4 Å². The second kappa shape index (κ2) is 20.9. The molecule has 1 saturated heterocycles. The van der Waals surface area contributed by atoms with Crippen molar-refractivity contribution in [1.29, 1.82) is 0 Å². The smallest absolute Gasteiger partial charge is 0.397 e. The fourth-order valence-electron chi connectivity index (χ4n) is 4.40. The minimum Gasteiger partial charge on any atom is -0.461 e. The Labute approximate surface area is 241 Å². The number of hydrogen-bond acceptors (Lipinski definition) is 8. The summed E-state index contributed by atoms with van der Waals surface area (Å²) in [4.78, 5) is 12.9. The van der Waals surface area contributed by atoms with Crippen molar-refractivity contribution in [2.45, 2.75) is 142 Å². The molecule has 0 N–H and O–H groups in total. The molecule has 1 heterocycles. The topological polar surface area (TPSA) is 81.7 Å². The number of halogens is 2. The second-order valence-corrected chi connectivity index (χ2v) is 10.3. The van der Waals surface area contributed by atoms with Gasteiger partial charge in [-0.15, -0.1) is 0 Å². The highest BCUT2D eigenvalue weighted by atomic mass is 19.3. The average molecular weight is 583 g/mol. The quantitative estimate of drug-likeness (QED) is 0.0946. The Morgan fingerprint density at radius 1 is 0.725 bits per heavy atom. The maximum Gasteiger partial charge on any atom is 0.397 e. The predicted octanol–water partition coefficient (Wildman–Crippen LogP) is 6.47. The molecule has 0 aromatic heterocycles. The van der Waals surface area contributed by atoms with Crippen molar-refractivity contribution >= 4 is 5.97 Å². The molecule has 0 amide bonds. The standard InChI is InChI=1S/C30H56F2O8/c1-7-13-18-34-23-24-25(36-19-14-8-2)26(37-20-15-9-3)27(38-21-16-10-4)30(40-24,39-22-17-11-5)29(31,32)28(33)35-12-6/h24-27H,7-23H2,1-6H3/t24-,25+,26+,27-,30-/m1/s1. The van der Waals surface area contributed by atoms with E-state index in [1.165, 1.54) is 6.92 Å². The van der Waals surface area contributed by atoms with Gasteiger partial charge < -0.3 is 33.2 Å². The Bertz CT molecular complexity index is 653. The van der Waals surface area contributed by atoms with Crippen LogP contribution in [-0.4, -0.2) is 88.3 Å². The van der Waals surface area contributed by atoms with Crippen molar-refractivity contribution in [3.8, 4) is 0 Å². The number of ether oxygens (including phenoxy) is 7. The maximum atomic E-state index is 16.4. The molecule has 10 heteroatoms. The molecule has 1 rings (SSSR count). The molecule has 8 nitrogen and oxygen atoms in total. The molecule has 0 radical (unpaired) electrons. The molecule has 1 aliphatic heterocycles. The van der Waals surface area contributed by atoms with Gasteiger partial charge >= 0.3 is 11.9 Å². The van der Waals surface area contributed by atoms with Crippen LogP contribution in [0, 0.1) is 0 Å². The van der Waals surface area contributed by atoms with Crippen molar-refractivity contribution in [1.82, 2.24) is 0 Å². The van der Waals surface area contributed by atoms with E-state index >= 15 is 8.78 Å². The summed E-state index contributed by atoms with van der Waals surface area (Å²) >= 11 is 0. The van der Waals surface area contributed by atoms with Gasteiger partial charge in [-0.3, -0.25) is 0 Å². The van der Waals surface area contributed by atoms with Crippen molar-refractivity contribution in [3.63, 3.8) is 0 Å². The number of unbranched alkanes of at least 4 members (excludes halogenated alkanes) is 5. The van der Waals surface area contributed by atoms with Gasteiger partial charge in [-0.25, -0.2) is 4.79 Å². The zero-order valence-electron chi connectivity index (χ0n) is 25.9. The fraction of sp³-hybridized carbons (Fsp3) is 0.967. The second-order valence-electron chi connectivity index (χ2n) is 10.3. The summed E-state index contributed by atoms with van der Waals surface area (Å²) in [6.45, 7) is 12.5. The van der Waals surface area contributed by atoms with Gasteiger partial charge in [0.25, 0.3) is 5.79 Å². The third kappa shape index (κ3) is 10.7. The first-order valence-corrected chi connectivity index (χ1v) is 15.6. The third-order valence-electron chi connectivity index (χ3n) is 6.81. The molecule has 0 aromatic carbocycles. The number of esters is 1. The van der Waals surface area contributed by atoms with Gasteiger partial charge in [0.05, 0.1) is 19.8 Å². The summed E-state index contributed by atoms with van der Waals surface area (Å²) in [6, 6.07) is 0. The summed E-state index contributed by atoms with van der Waals surface area (Å²) in [5.74, 6) is -8.71. The number of carbonyl (C=O) groups is 1. The molecule has 5 atom stereocenters. The van der Waals surface area contributed by atoms with Crippen LogP contribution in [0.3, 0.4) is 0 Å². The molecule has 0 bridgehead atoms. The van der Waals surface area contributed by atoms with E-state index in [2.05, 4.69) is 0 Å². The van der Waals surface area contributed by atoms with Crippen LogP contribution in [0.2, 0.25) is 0 Å². The summed E-state index contributed by atoms with van der Waals surface area (Å²) in [6.07, 6.45) is 3.37. The molecule has 40 heavy (non-hydrogen) atoms. The summed E-state index contributed by atoms with van der Waals surface area (Å²) in [5, 5.41) is 0. The monoisotopic (exact) mass is 582 g/mol. The largest absolute Gasteiger partial charge is 0.461 e. The maximum absolute atomic E-state index is 16.4. The number of rotatable bonds is 24. The third-order valence-corrected chi connectivity index (χ3v) is 6.81. The van der Waals surface area contributed by atoms with E-state index in [-0.39, 0.29) is 26.4 Å². The number of alkyl halides is 2. The average Bonchev–Trinajstić information content (AvgIpc) is 2.93. The highest BCUT2D eigenvalue weighted by molar-refractivity contribution is 5.79. The zero-order valence-corrected chi connectivity index (χ0v) is 25.9. The van der Waals surface area contributed by atoms with E-state index in [1.807, 2.05) is 34.6 Å². The fourth-order valence-corrected chi connectivity index (χ4v) is 4.40. The zero-order chi connectivity index (χ0) is 29.9. The van der Waals surface area contributed by atoms with E-state index in [0.717, 1.165) is 44.9 Å². The lowest BCUT2D eigenvalue weighted by atomic mass is 9.87. The van der Waals surface area contributed by atoms with Crippen LogP contribution in [0.15, 0.2) is 0 Å². The van der Waals surface area contributed by atoms with Gasteiger partial charge in [0.2, 0.25) is 0 Å². The van der Waals surface area contributed by atoms with E-state index in [0.29, 0.717) is 39.1 Å². The van der Waals surface area contributed by atoms with Crippen molar-refractivity contribution < 1.29 is 46.7 Å². The first kappa shape index (κ1) is 37.1. The SMILES string of the molecule is CCCCOC[C@H]1O[C@@](OCCCC)(C(F)(F)C(=O)OCC)[C@H](OCCCC)[C@@H](OCCCC)[C@H]1OCCCC. The van der Waals surface area contributed by atoms with Crippen molar-refractivity contribution in [2.24, 2.45) is 0 Å². The minimum atomic E-state index is -4.20. The van der Waals surface area contributed by atoms with Crippen molar-refractivity contribution in [2.75, 3.05) is 46.2 Å². The van der Waals surface area contributed by atoms with Crippen LogP contribution in [0.5, 0.6) is 0 Å².